The molecule has 3 aromatic rings. The highest BCUT2D eigenvalue weighted by molar-refractivity contribution is 7.90. The number of carbonyl (C=O) groups excluding carboxylic acids is 2. The number of anilines is 1. The van der Waals surface area contributed by atoms with Gasteiger partial charge in [-0.05, 0) is 30.2 Å². The number of hydrogen-bond donors (Lipinski definition) is 1. The van der Waals surface area contributed by atoms with Crippen molar-refractivity contribution in [3.05, 3.63) is 101 Å². The summed E-state index contributed by atoms with van der Waals surface area (Å²) >= 11 is 6.05. The number of carbonyl (C=O) groups is 2. The van der Waals surface area contributed by atoms with Crippen molar-refractivity contribution in [3.63, 3.8) is 0 Å². The summed E-state index contributed by atoms with van der Waals surface area (Å²) in [5, 5.41) is 3.09. The Labute approximate surface area is 187 Å². The summed E-state index contributed by atoms with van der Waals surface area (Å²) in [7, 11) is -3.32. The fourth-order valence-corrected chi connectivity index (χ4v) is 4.72. The van der Waals surface area contributed by atoms with Crippen LogP contribution in [0.25, 0.3) is 0 Å². The van der Waals surface area contributed by atoms with E-state index < -0.39 is 9.84 Å². The molecule has 31 heavy (non-hydrogen) atoms. The predicted molar refractivity (Wildman–Crippen MR) is 123 cm³/mol. The number of benzene rings is 3. The van der Waals surface area contributed by atoms with E-state index in [9.17, 15) is 18.0 Å². The summed E-state index contributed by atoms with van der Waals surface area (Å²) in [4.78, 5) is 25.2. The fraction of sp³-hybridized carbons (Fsp3) is 0.167. The lowest BCUT2D eigenvalue weighted by molar-refractivity contribution is -0.116. The standard InChI is InChI=1S/C24H22ClNO4S/c25-20-13-14-22(21(16-20)24(28)19-10-5-2-6-11-19)26-23(27)12-7-15-31(29,30)17-18-8-3-1-4-9-18/h1-6,8-11,13-14,16H,7,12,15,17H2,(H,26,27). The van der Waals surface area contributed by atoms with Crippen molar-refractivity contribution >= 4 is 38.8 Å². The first-order valence-corrected chi connectivity index (χ1v) is 12.0. The molecule has 1 N–H and O–H groups in total. The SMILES string of the molecule is O=C(CCCS(=O)(=O)Cc1ccccc1)Nc1ccc(Cl)cc1C(=O)c1ccccc1. The summed E-state index contributed by atoms with van der Waals surface area (Å²) in [6.07, 6.45) is 0.214. The first kappa shape index (κ1) is 22.7. The molecule has 5 nitrogen and oxygen atoms in total. The summed E-state index contributed by atoms with van der Waals surface area (Å²) in [5.74, 6) is -0.767. The molecule has 1 amide bonds. The Morgan fingerprint density at radius 1 is 0.871 bits per heavy atom. The molecule has 0 unspecified atom stereocenters. The van der Waals surface area contributed by atoms with Crippen molar-refractivity contribution in [2.75, 3.05) is 11.1 Å². The zero-order chi connectivity index (χ0) is 22.3. The lowest BCUT2D eigenvalue weighted by Crippen LogP contribution is -2.17. The van der Waals surface area contributed by atoms with Gasteiger partial charge in [0.1, 0.15) is 0 Å². The lowest BCUT2D eigenvalue weighted by atomic mass is 10.0. The average molecular weight is 456 g/mol. The van der Waals surface area contributed by atoms with Crippen molar-refractivity contribution in [3.8, 4) is 0 Å². The molecule has 7 heteroatoms. The molecule has 0 fully saturated rings. The van der Waals surface area contributed by atoms with Gasteiger partial charge in [-0.1, -0.05) is 72.3 Å². The van der Waals surface area contributed by atoms with E-state index in [1.54, 1.807) is 60.7 Å². The second kappa shape index (κ2) is 10.4. The summed E-state index contributed by atoms with van der Waals surface area (Å²) in [6.45, 7) is 0. The maximum atomic E-state index is 12.8. The first-order valence-electron chi connectivity index (χ1n) is 9.77. The normalized spacial score (nSPS) is 11.1. The molecule has 160 valence electrons. The molecule has 0 saturated heterocycles. The summed E-state index contributed by atoms with van der Waals surface area (Å²) < 4.78 is 24.6. The van der Waals surface area contributed by atoms with Gasteiger partial charge in [-0.2, -0.15) is 0 Å². The first-order chi connectivity index (χ1) is 14.8. The minimum Gasteiger partial charge on any atom is -0.325 e. The van der Waals surface area contributed by atoms with E-state index >= 15 is 0 Å². The monoisotopic (exact) mass is 455 g/mol. The van der Waals surface area contributed by atoms with Crippen molar-refractivity contribution < 1.29 is 18.0 Å². The molecule has 0 saturated carbocycles. The van der Waals surface area contributed by atoms with Gasteiger partial charge < -0.3 is 5.32 Å². The van der Waals surface area contributed by atoms with Gasteiger partial charge in [0.2, 0.25) is 5.91 Å². The maximum Gasteiger partial charge on any atom is 0.224 e. The Balaban J connectivity index is 1.61. The fourth-order valence-electron chi connectivity index (χ4n) is 3.12. The summed E-state index contributed by atoms with van der Waals surface area (Å²) in [6, 6.07) is 22.3. The van der Waals surface area contributed by atoms with Crippen molar-refractivity contribution in [2.24, 2.45) is 0 Å². The van der Waals surface area contributed by atoms with E-state index in [0.717, 1.165) is 5.56 Å². The number of halogens is 1. The molecule has 0 aliphatic rings. The van der Waals surface area contributed by atoms with Gasteiger partial charge in [0.05, 0.1) is 17.2 Å². The summed E-state index contributed by atoms with van der Waals surface area (Å²) in [5.41, 5.74) is 1.82. The third kappa shape index (κ3) is 6.77. The zero-order valence-corrected chi connectivity index (χ0v) is 18.3. The van der Waals surface area contributed by atoms with E-state index in [4.69, 9.17) is 11.6 Å². The van der Waals surface area contributed by atoms with Crippen LogP contribution in [0, 0.1) is 0 Å². The van der Waals surface area contributed by atoms with Gasteiger partial charge in [0, 0.05) is 22.6 Å². The Hall–Kier alpha value is -2.96. The van der Waals surface area contributed by atoms with Crippen molar-refractivity contribution in [2.45, 2.75) is 18.6 Å². The van der Waals surface area contributed by atoms with E-state index in [0.29, 0.717) is 16.3 Å². The Kier molecular flexibility index (Phi) is 7.60. The highest BCUT2D eigenvalue weighted by atomic mass is 35.5. The number of hydrogen-bond acceptors (Lipinski definition) is 4. The molecule has 0 heterocycles. The highest BCUT2D eigenvalue weighted by Gasteiger charge is 2.17. The number of ketones is 1. The van der Waals surface area contributed by atoms with E-state index in [1.165, 1.54) is 6.07 Å². The van der Waals surface area contributed by atoms with Crippen LogP contribution >= 0.6 is 11.6 Å². The van der Waals surface area contributed by atoms with Crippen LogP contribution in [0.5, 0.6) is 0 Å². The molecule has 0 radical (unpaired) electrons. The van der Waals surface area contributed by atoms with Gasteiger partial charge in [-0.3, -0.25) is 9.59 Å². The molecule has 0 atom stereocenters. The third-order valence-corrected chi connectivity index (χ3v) is 6.54. The zero-order valence-electron chi connectivity index (χ0n) is 16.8. The Morgan fingerprint density at radius 2 is 1.52 bits per heavy atom. The van der Waals surface area contributed by atoms with Crippen LogP contribution < -0.4 is 5.32 Å². The molecule has 3 aromatic carbocycles. The van der Waals surface area contributed by atoms with E-state index in [-0.39, 0.29) is 41.6 Å². The smallest absolute Gasteiger partial charge is 0.224 e. The molecule has 0 aliphatic heterocycles. The molecular weight excluding hydrogens is 434 g/mol. The van der Waals surface area contributed by atoms with Gasteiger partial charge in [-0.15, -0.1) is 0 Å². The largest absolute Gasteiger partial charge is 0.325 e. The average Bonchev–Trinajstić information content (AvgIpc) is 2.75. The Morgan fingerprint density at radius 3 is 2.19 bits per heavy atom. The number of amides is 1. The molecule has 0 aliphatic carbocycles. The van der Waals surface area contributed by atoms with Crippen LogP contribution in [0.2, 0.25) is 5.02 Å². The molecular formula is C24H22ClNO4S. The Bertz CT molecular complexity index is 1160. The highest BCUT2D eigenvalue weighted by Crippen LogP contribution is 2.24. The van der Waals surface area contributed by atoms with Gasteiger partial charge in [0.15, 0.2) is 15.6 Å². The number of rotatable bonds is 9. The van der Waals surface area contributed by atoms with Crippen LogP contribution in [0.1, 0.15) is 34.3 Å². The lowest BCUT2D eigenvalue weighted by Gasteiger charge is -2.11. The van der Waals surface area contributed by atoms with E-state index in [1.807, 2.05) is 12.1 Å². The predicted octanol–water partition coefficient (Wildman–Crippen LogP) is 4.90. The minimum absolute atomic E-state index is 0.0234. The third-order valence-electron chi connectivity index (χ3n) is 4.62. The van der Waals surface area contributed by atoms with Crippen LogP contribution in [-0.2, 0) is 20.4 Å². The maximum absolute atomic E-state index is 12.8. The van der Waals surface area contributed by atoms with Crippen LogP contribution in [0.15, 0.2) is 78.9 Å². The number of nitrogens with one attached hydrogen (secondary N) is 1. The van der Waals surface area contributed by atoms with Crippen LogP contribution in [-0.4, -0.2) is 25.9 Å². The van der Waals surface area contributed by atoms with Crippen molar-refractivity contribution in [1.29, 1.82) is 0 Å². The van der Waals surface area contributed by atoms with E-state index in [2.05, 4.69) is 5.32 Å². The van der Waals surface area contributed by atoms with Gasteiger partial charge in [-0.25, -0.2) is 8.42 Å². The topological polar surface area (TPSA) is 80.3 Å². The molecule has 0 bridgehead atoms. The molecule has 0 aromatic heterocycles. The second-order valence-electron chi connectivity index (χ2n) is 7.11. The van der Waals surface area contributed by atoms with Gasteiger partial charge in [0.25, 0.3) is 0 Å². The quantitative estimate of drug-likeness (QED) is 0.465. The molecule has 0 spiro atoms. The van der Waals surface area contributed by atoms with Crippen molar-refractivity contribution in [1.82, 2.24) is 0 Å². The number of sulfone groups is 1. The van der Waals surface area contributed by atoms with Crippen LogP contribution in [0.4, 0.5) is 5.69 Å². The van der Waals surface area contributed by atoms with Gasteiger partial charge >= 0.3 is 0 Å². The second-order valence-corrected chi connectivity index (χ2v) is 9.73. The van der Waals surface area contributed by atoms with Crippen LogP contribution in [0.3, 0.4) is 0 Å². The molecule has 3 rings (SSSR count). The minimum atomic E-state index is -3.32.